The Morgan fingerprint density at radius 2 is 1.52 bits per heavy atom. The van der Waals surface area contributed by atoms with Gasteiger partial charge in [0.25, 0.3) is 0 Å². The van der Waals surface area contributed by atoms with Crippen LogP contribution >= 0.6 is 0 Å². The Hall–Kier alpha value is -2.46. The van der Waals surface area contributed by atoms with E-state index in [9.17, 15) is 9.59 Å². The number of nitrogens with zero attached hydrogens (tertiary/aromatic N) is 1. The van der Waals surface area contributed by atoms with E-state index in [0.29, 0.717) is 13.2 Å². The van der Waals surface area contributed by atoms with Gasteiger partial charge in [-0.15, -0.1) is 0 Å². The van der Waals surface area contributed by atoms with Crippen LogP contribution in [0.1, 0.15) is 25.8 Å². The number of anilines is 1. The van der Waals surface area contributed by atoms with Crippen molar-refractivity contribution in [1.82, 2.24) is 0 Å². The molecule has 0 heterocycles. The Kier molecular flexibility index (Phi) is 6.48. The summed E-state index contributed by atoms with van der Waals surface area (Å²) in [6.45, 7) is 4.12. The first-order valence-electron chi connectivity index (χ1n) is 8.41. The van der Waals surface area contributed by atoms with Crippen molar-refractivity contribution in [2.45, 2.75) is 26.9 Å². The van der Waals surface area contributed by atoms with Crippen LogP contribution < -0.4 is 4.90 Å². The number of ketones is 1. The highest BCUT2D eigenvalue weighted by molar-refractivity contribution is 6.11. The molecule has 4 nitrogen and oxygen atoms in total. The highest BCUT2D eigenvalue weighted by Crippen LogP contribution is 2.25. The number of hydrogen-bond acceptors (Lipinski definition) is 3. The zero-order chi connectivity index (χ0) is 18.3. The molecular formula is C21H25NO3. The molecule has 0 N–H and O–H groups in total. The number of amides is 1. The Bertz CT molecular complexity index is 696. The zero-order valence-corrected chi connectivity index (χ0v) is 15.1. The number of carbonyl (C=O) groups is 2. The zero-order valence-electron chi connectivity index (χ0n) is 15.1. The van der Waals surface area contributed by atoms with Gasteiger partial charge in [-0.25, -0.2) is 0 Å². The van der Waals surface area contributed by atoms with E-state index in [2.05, 4.69) is 0 Å². The van der Waals surface area contributed by atoms with Crippen molar-refractivity contribution < 1.29 is 14.3 Å². The molecule has 0 radical (unpaired) electrons. The fourth-order valence-corrected chi connectivity index (χ4v) is 2.55. The van der Waals surface area contributed by atoms with Crippen molar-refractivity contribution in [1.29, 1.82) is 0 Å². The van der Waals surface area contributed by atoms with Crippen molar-refractivity contribution >= 4 is 17.4 Å². The minimum atomic E-state index is -1.08. The van der Waals surface area contributed by atoms with Gasteiger partial charge in [-0.1, -0.05) is 48.5 Å². The number of rotatable bonds is 8. The third kappa shape index (κ3) is 5.00. The average Bonchev–Trinajstić information content (AvgIpc) is 2.65. The van der Waals surface area contributed by atoms with Gasteiger partial charge in [-0.2, -0.15) is 0 Å². The first-order chi connectivity index (χ1) is 11.9. The monoisotopic (exact) mass is 339 g/mol. The molecule has 132 valence electrons. The lowest BCUT2D eigenvalue weighted by molar-refractivity contribution is -0.138. The molecule has 0 aromatic heterocycles. The maximum Gasteiger partial charge on any atom is 0.239 e. The average molecular weight is 339 g/mol. The van der Waals surface area contributed by atoms with E-state index in [1.807, 2.05) is 60.7 Å². The summed E-state index contributed by atoms with van der Waals surface area (Å²) in [4.78, 5) is 26.8. The van der Waals surface area contributed by atoms with E-state index in [1.165, 1.54) is 4.90 Å². The maximum absolute atomic E-state index is 12.7. The smallest absolute Gasteiger partial charge is 0.239 e. The van der Waals surface area contributed by atoms with Crippen LogP contribution in [0.2, 0.25) is 0 Å². The Morgan fingerprint density at radius 3 is 2.12 bits per heavy atom. The van der Waals surface area contributed by atoms with Crippen molar-refractivity contribution in [2.24, 2.45) is 5.41 Å². The third-order valence-electron chi connectivity index (χ3n) is 4.26. The van der Waals surface area contributed by atoms with Gasteiger partial charge in [0.05, 0.1) is 13.2 Å². The van der Waals surface area contributed by atoms with Gasteiger partial charge in [-0.3, -0.25) is 9.59 Å². The summed E-state index contributed by atoms with van der Waals surface area (Å²) >= 11 is 0. The molecule has 0 aliphatic heterocycles. The molecule has 1 amide bonds. The second kappa shape index (κ2) is 8.58. The number of ether oxygens (including phenoxy) is 1. The Balaban J connectivity index is 1.87. The number of Topliss-reactive ketones (excluding diaryl/α,β-unsaturated/α-hetero) is 1. The van der Waals surface area contributed by atoms with E-state index in [0.717, 1.165) is 11.3 Å². The predicted octanol–water partition coefficient (Wildman–Crippen LogP) is 3.85. The summed E-state index contributed by atoms with van der Waals surface area (Å²) in [5, 5.41) is 0. The molecule has 0 fully saturated rings. The lowest BCUT2D eigenvalue weighted by Crippen LogP contribution is -2.43. The van der Waals surface area contributed by atoms with Gasteiger partial charge < -0.3 is 9.64 Å². The highest BCUT2D eigenvalue weighted by Gasteiger charge is 2.37. The van der Waals surface area contributed by atoms with E-state index < -0.39 is 5.41 Å². The summed E-state index contributed by atoms with van der Waals surface area (Å²) in [7, 11) is 1.69. The van der Waals surface area contributed by atoms with Crippen molar-refractivity contribution in [3.8, 4) is 0 Å². The summed E-state index contributed by atoms with van der Waals surface area (Å²) in [6, 6.07) is 19.1. The van der Waals surface area contributed by atoms with Gasteiger partial charge >= 0.3 is 0 Å². The molecule has 0 unspecified atom stereocenters. The van der Waals surface area contributed by atoms with Crippen LogP contribution in [0.5, 0.6) is 0 Å². The molecule has 0 aliphatic rings. The molecular weight excluding hydrogens is 314 g/mol. The van der Waals surface area contributed by atoms with Crippen LogP contribution in [0.4, 0.5) is 5.69 Å². The van der Waals surface area contributed by atoms with Gasteiger partial charge in [0.2, 0.25) is 5.91 Å². The van der Waals surface area contributed by atoms with Gasteiger partial charge in [-0.05, 0) is 31.5 Å². The molecule has 0 atom stereocenters. The Morgan fingerprint density at radius 1 is 0.960 bits per heavy atom. The number of benzene rings is 2. The van der Waals surface area contributed by atoms with Crippen LogP contribution in [-0.2, 0) is 20.9 Å². The molecule has 0 saturated carbocycles. The molecule has 0 spiro atoms. The van der Waals surface area contributed by atoms with E-state index in [4.69, 9.17) is 4.74 Å². The number of hydrogen-bond donors (Lipinski definition) is 0. The number of para-hydroxylation sites is 1. The van der Waals surface area contributed by atoms with Crippen molar-refractivity contribution in [2.75, 3.05) is 18.6 Å². The lowest BCUT2D eigenvalue weighted by Gasteiger charge is -2.28. The largest absolute Gasteiger partial charge is 0.376 e. The highest BCUT2D eigenvalue weighted by atomic mass is 16.5. The molecule has 2 rings (SSSR count). The molecule has 0 saturated heterocycles. The van der Waals surface area contributed by atoms with Crippen LogP contribution in [-0.4, -0.2) is 25.3 Å². The first kappa shape index (κ1) is 18.9. The summed E-state index contributed by atoms with van der Waals surface area (Å²) in [5.74, 6) is -0.333. The van der Waals surface area contributed by atoms with Crippen molar-refractivity contribution in [3.05, 3.63) is 66.2 Å². The SMILES string of the molecule is CN(C(=O)C(C)(C)C(=O)CCOCc1ccccc1)c1ccccc1. The Labute approximate surface area is 149 Å². The second-order valence-electron chi connectivity index (χ2n) is 6.54. The van der Waals surface area contributed by atoms with E-state index in [1.54, 1.807) is 20.9 Å². The fourth-order valence-electron chi connectivity index (χ4n) is 2.55. The topological polar surface area (TPSA) is 46.6 Å². The second-order valence-corrected chi connectivity index (χ2v) is 6.54. The van der Waals surface area contributed by atoms with Crippen LogP contribution in [0.15, 0.2) is 60.7 Å². The maximum atomic E-state index is 12.7. The molecule has 2 aromatic rings. The van der Waals surface area contributed by atoms with Crippen LogP contribution in [0.25, 0.3) is 0 Å². The van der Waals surface area contributed by atoms with E-state index >= 15 is 0 Å². The van der Waals surface area contributed by atoms with Crippen molar-refractivity contribution in [3.63, 3.8) is 0 Å². The van der Waals surface area contributed by atoms with Crippen LogP contribution in [0, 0.1) is 5.41 Å². The summed E-state index contributed by atoms with van der Waals surface area (Å²) < 4.78 is 5.56. The van der Waals surface area contributed by atoms with E-state index in [-0.39, 0.29) is 18.1 Å². The van der Waals surface area contributed by atoms with Gasteiger partial charge in [0, 0.05) is 19.2 Å². The summed E-state index contributed by atoms with van der Waals surface area (Å²) in [6.07, 6.45) is 0.216. The molecule has 4 heteroatoms. The first-order valence-corrected chi connectivity index (χ1v) is 8.41. The minimum Gasteiger partial charge on any atom is -0.376 e. The van der Waals surface area contributed by atoms with Gasteiger partial charge in [0.15, 0.2) is 0 Å². The van der Waals surface area contributed by atoms with Gasteiger partial charge in [0.1, 0.15) is 11.2 Å². The third-order valence-corrected chi connectivity index (χ3v) is 4.26. The molecule has 2 aromatic carbocycles. The summed E-state index contributed by atoms with van der Waals surface area (Å²) in [5.41, 5.74) is 0.753. The fraction of sp³-hybridized carbons (Fsp3) is 0.333. The van der Waals surface area contributed by atoms with Crippen LogP contribution in [0.3, 0.4) is 0 Å². The standard InChI is InChI=1S/C21H25NO3/c1-21(2,20(24)22(3)18-12-8-5-9-13-18)19(23)14-15-25-16-17-10-6-4-7-11-17/h4-13H,14-16H2,1-3H3. The number of carbonyl (C=O) groups excluding carboxylic acids is 2. The minimum absolute atomic E-state index is 0.117. The normalized spacial score (nSPS) is 11.2. The predicted molar refractivity (Wildman–Crippen MR) is 99.4 cm³/mol. The molecule has 0 aliphatic carbocycles. The quantitative estimate of drug-likeness (QED) is 0.542. The molecule has 0 bridgehead atoms. The lowest BCUT2D eigenvalue weighted by atomic mass is 9.85. The molecule has 25 heavy (non-hydrogen) atoms.